The van der Waals surface area contributed by atoms with E-state index < -0.39 is 11.5 Å². The molecule has 7 heteroatoms. The van der Waals surface area contributed by atoms with Gasteiger partial charge in [0.2, 0.25) is 5.91 Å². The van der Waals surface area contributed by atoms with Crippen molar-refractivity contribution in [3.05, 3.63) is 11.3 Å². The van der Waals surface area contributed by atoms with Crippen LogP contribution >= 0.6 is 11.5 Å². The number of nitrogens with one attached hydrogen (secondary N) is 2. The highest BCUT2D eigenvalue weighted by Crippen LogP contribution is 2.25. The average molecular weight is 257 g/mol. The first-order chi connectivity index (χ1) is 7.79. The topological polar surface area (TPSA) is 91.3 Å². The maximum absolute atomic E-state index is 11.9. The minimum Gasteiger partial charge on any atom is -0.478 e. The quantitative estimate of drug-likeness (QED) is 0.751. The van der Waals surface area contributed by atoms with E-state index in [0.29, 0.717) is 5.69 Å². The zero-order valence-corrected chi connectivity index (χ0v) is 10.9. The number of anilines is 1. The highest BCUT2D eigenvalue weighted by Gasteiger charge is 2.28. The van der Waals surface area contributed by atoms with E-state index in [1.165, 1.54) is 0 Å². The van der Waals surface area contributed by atoms with Gasteiger partial charge in [0.05, 0.1) is 11.2 Å². The number of hydrogen-bond donors (Lipinski definition) is 3. The number of aromatic carboxylic acids is 1. The van der Waals surface area contributed by atoms with E-state index in [1.54, 1.807) is 27.8 Å². The van der Waals surface area contributed by atoms with Crippen LogP contribution in [0.3, 0.4) is 0 Å². The normalized spacial score (nSPS) is 11.3. The summed E-state index contributed by atoms with van der Waals surface area (Å²) in [6.07, 6.45) is 0. The van der Waals surface area contributed by atoms with Crippen LogP contribution in [-0.2, 0) is 4.79 Å². The Bertz CT molecular complexity index is 454. The lowest BCUT2D eigenvalue weighted by molar-refractivity contribution is -0.121. The van der Waals surface area contributed by atoms with E-state index in [2.05, 4.69) is 15.0 Å². The molecule has 0 aliphatic carbocycles. The highest BCUT2D eigenvalue weighted by atomic mass is 32.1. The number of aromatic nitrogens is 1. The van der Waals surface area contributed by atoms with Gasteiger partial charge in [0, 0.05) is 0 Å². The smallest absolute Gasteiger partial charge is 0.340 e. The third kappa shape index (κ3) is 2.80. The Morgan fingerprint density at radius 3 is 2.47 bits per heavy atom. The standard InChI is InChI=1S/C10H15N3O3S/c1-5-6(8(14)15)7(17-13-5)12-9(16)10(2,3)11-4/h11H,1-4H3,(H,12,16)(H,14,15). The summed E-state index contributed by atoms with van der Waals surface area (Å²) >= 11 is 0.969. The van der Waals surface area contributed by atoms with Gasteiger partial charge in [0.15, 0.2) is 0 Å². The molecule has 17 heavy (non-hydrogen) atoms. The zero-order valence-electron chi connectivity index (χ0n) is 10.1. The molecule has 94 valence electrons. The second kappa shape index (κ2) is 4.80. The lowest BCUT2D eigenvalue weighted by Gasteiger charge is -2.22. The van der Waals surface area contributed by atoms with Crippen molar-refractivity contribution in [1.82, 2.24) is 9.69 Å². The number of nitrogens with zero attached hydrogens (tertiary/aromatic N) is 1. The Morgan fingerprint density at radius 1 is 1.41 bits per heavy atom. The number of amides is 1. The first kappa shape index (κ1) is 13.6. The van der Waals surface area contributed by atoms with E-state index in [9.17, 15) is 9.59 Å². The third-order valence-electron chi connectivity index (χ3n) is 2.50. The van der Waals surface area contributed by atoms with Gasteiger partial charge in [-0.05, 0) is 39.4 Å². The van der Waals surface area contributed by atoms with Crippen LogP contribution < -0.4 is 10.6 Å². The number of likely N-dealkylation sites (N-methyl/N-ethyl adjacent to an activating group) is 1. The first-order valence-electron chi connectivity index (χ1n) is 4.99. The van der Waals surface area contributed by atoms with Crippen LogP contribution in [0.5, 0.6) is 0 Å². The van der Waals surface area contributed by atoms with Crippen LogP contribution in [-0.4, -0.2) is 33.9 Å². The van der Waals surface area contributed by atoms with Crippen molar-refractivity contribution < 1.29 is 14.7 Å². The number of carbonyl (C=O) groups is 2. The molecule has 0 saturated heterocycles. The number of hydrogen-bond acceptors (Lipinski definition) is 5. The lowest BCUT2D eigenvalue weighted by Crippen LogP contribution is -2.47. The van der Waals surface area contributed by atoms with E-state index in [4.69, 9.17) is 5.11 Å². The summed E-state index contributed by atoms with van der Waals surface area (Å²) < 4.78 is 3.92. The summed E-state index contributed by atoms with van der Waals surface area (Å²) in [4.78, 5) is 22.9. The van der Waals surface area contributed by atoms with Crippen molar-refractivity contribution in [2.24, 2.45) is 0 Å². The number of carbonyl (C=O) groups excluding carboxylic acids is 1. The van der Waals surface area contributed by atoms with E-state index in [1.807, 2.05) is 0 Å². The van der Waals surface area contributed by atoms with E-state index >= 15 is 0 Å². The number of carboxylic acids is 1. The third-order valence-corrected chi connectivity index (χ3v) is 3.35. The van der Waals surface area contributed by atoms with Crippen LogP contribution in [0, 0.1) is 6.92 Å². The molecule has 1 heterocycles. The minimum atomic E-state index is -1.09. The molecule has 1 rings (SSSR count). The first-order valence-corrected chi connectivity index (χ1v) is 5.77. The van der Waals surface area contributed by atoms with Gasteiger partial charge in [0.1, 0.15) is 10.6 Å². The molecule has 0 aromatic carbocycles. The Morgan fingerprint density at radius 2 is 2.00 bits per heavy atom. The fraction of sp³-hybridized carbons (Fsp3) is 0.500. The molecule has 6 nitrogen and oxygen atoms in total. The number of rotatable bonds is 4. The van der Waals surface area contributed by atoms with Gasteiger partial charge in [-0.15, -0.1) is 0 Å². The minimum absolute atomic E-state index is 0.0512. The predicted molar refractivity (Wildman–Crippen MR) is 65.6 cm³/mol. The van der Waals surface area contributed by atoms with Crippen molar-refractivity contribution in [3.8, 4) is 0 Å². The molecule has 1 aromatic heterocycles. The van der Waals surface area contributed by atoms with Crippen LogP contribution in [0.1, 0.15) is 29.9 Å². The van der Waals surface area contributed by atoms with Gasteiger partial charge >= 0.3 is 5.97 Å². The van der Waals surface area contributed by atoms with Crippen LogP contribution in [0.25, 0.3) is 0 Å². The van der Waals surface area contributed by atoms with Gasteiger partial charge in [-0.2, -0.15) is 4.37 Å². The van der Waals surface area contributed by atoms with Crippen LogP contribution in [0.2, 0.25) is 0 Å². The van der Waals surface area contributed by atoms with Crippen molar-refractivity contribution in [1.29, 1.82) is 0 Å². The molecule has 0 radical (unpaired) electrons. The van der Waals surface area contributed by atoms with Gasteiger partial charge in [-0.25, -0.2) is 4.79 Å². The fourth-order valence-corrected chi connectivity index (χ4v) is 1.86. The Balaban J connectivity index is 2.97. The molecular weight excluding hydrogens is 242 g/mol. The summed E-state index contributed by atoms with van der Waals surface area (Å²) in [7, 11) is 1.66. The molecule has 0 fully saturated rings. The van der Waals surface area contributed by atoms with Crippen LogP contribution in [0.4, 0.5) is 5.00 Å². The second-order valence-corrected chi connectivity index (χ2v) is 4.88. The average Bonchev–Trinajstić information content (AvgIpc) is 2.59. The molecule has 3 N–H and O–H groups in total. The Hall–Kier alpha value is -1.47. The fourth-order valence-electron chi connectivity index (χ4n) is 1.08. The largest absolute Gasteiger partial charge is 0.478 e. The molecule has 0 aliphatic rings. The summed E-state index contributed by atoms with van der Waals surface area (Å²) in [6, 6.07) is 0. The van der Waals surface area contributed by atoms with Gasteiger partial charge < -0.3 is 15.7 Å². The molecule has 1 aromatic rings. The Labute approximate surface area is 103 Å². The predicted octanol–water partition coefficient (Wildman–Crippen LogP) is 1.09. The second-order valence-electron chi connectivity index (χ2n) is 4.11. The summed E-state index contributed by atoms with van der Waals surface area (Å²) in [5, 5.41) is 14.7. The molecule has 0 atom stereocenters. The zero-order chi connectivity index (χ0) is 13.2. The maximum atomic E-state index is 11.9. The molecule has 1 amide bonds. The van der Waals surface area contributed by atoms with Crippen LogP contribution in [0.15, 0.2) is 0 Å². The molecule has 0 spiro atoms. The van der Waals surface area contributed by atoms with E-state index in [0.717, 1.165) is 11.5 Å². The van der Waals surface area contributed by atoms with Gasteiger partial charge in [-0.3, -0.25) is 4.79 Å². The molecule has 0 unspecified atom stereocenters. The monoisotopic (exact) mass is 257 g/mol. The van der Waals surface area contributed by atoms with Crippen molar-refractivity contribution in [2.45, 2.75) is 26.3 Å². The van der Waals surface area contributed by atoms with Crippen molar-refractivity contribution >= 4 is 28.4 Å². The molecule has 0 bridgehead atoms. The summed E-state index contributed by atoms with van der Waals surface area (Å²) in [5.41, 5.74) is -0.316. The SMILES string of the molecule is CNC(C)(C)C(=O)Nc1snc(C)c1C(=O)O. The van der Waals surface area contributed by atoms with E-state index in [-0.39, 0.29) is 16.5 Å². The Kier molecular flexibility index (Phi) is 3.84. The van der Waals surface area contributed by atoms with Gasteiger partial charge in [-0.1, -0.05) is 0 Å². The molecule has 0 saturated carbocycles. The van der Waals surface area contributed by atoms with Crippen molar-refractivity contribution in [2.75, 3.05) is 12.4 Å². The molecular formula is C10H15N3O3S. The number of carboxylic acid groups (broad SMARTS) is 1. The molecule has 0 aliphatic heterocycles. The van der Waals surface area contributed by atoms with Crippen molar-refractivity contribution in [3.63, 3.8) is 0 Å². The summed E-state index contributed by atoms with van der Waals surface area (Å²) in [6.45, 7) is 5.01. The summed E-state index contributed by atoms with van der Waals surface area (Å²) in [5.74, 6) is -1.39. The number of aryl methyl sites for hydroxylation is 1. The maximum Gasteiger partial charge on any atom is 0.340 e. The van der Waals surface area contributed by atoms with Gasteiger partial charge in [0.25, 0.3) is 0 Å². The lowest BCUT2D eigenvalue weighted by atomic mass is 10.1. The highest BCUT2D eigenvalue weighted by molar-refractivity contribution is 7.11.